The number of hydrogen-bond acceptors (Lipinski definition) is 4. The largest absolute Gasteiger partial charge is 0.351 e. The van der Waals surface area contributed by atoms with Crippen molar-refractivity contribution in [2.75, 3.05) is 20.3 Å². The third-order valence-corrected chi connectivity index (χ3v) is 4.26. The van der Waals surface area contributed by atoms with Crippen molar-refractivity contribution in [3.05, 3.63) is 15.9 Å². The molecule has 1 atom stereocenters. The van der Waals surface area contributed by atoms with Crippen LogP contribution in [0, 0.1) is 6.92 Å². The summed E-state index contributed by atoms with van der Waals surface area (Å²) in [7, 11) is 1.93. The number of nitrogens with one attached hydrogen (secondary N) is 1. The Morgan fingerprint density at radius 3 is 2.30 bits per heavy atom. The quantitative estimate of drug-likeness (QED) is 0.697. The summed E-state index contributed by atoms with van der Waals surface area (Å²) in [4.78, 5) is 0. The van der Waals surface area contributed by atoms with E-state index in [4.69, 9.17) is 9.47 Å². The zero-order chi connectivity index (χ0) is 15.1. The van der Waals surface area contributed by atoms with Gasteiger partial charge in [-0.3, -0.25) is 4.68 Å². The highest BCUT2D eigenvalue weighted by Gasteiger charge is 2.24. The molecule has 0 fully saturated rings. The van der Waals surface area contributed by atoms with Crippen LogP contribution in [-0.4, -0.2) is 42.4 Å². The first-order valence-corrected chi connectivity index (χ1v) is 8.00. The second-order valence-corrected chi connectivity index (χ2v) is 5.33. The number of nitrogens with zero attached hydrogens (tertiary/aromatic N) is 2. The Morgan fingerprint density at radius 2 is 1.85 bits per heavy atom. The van der Waals surface area contributed by atoms with Crippen LogP contribution >= 0.6 is 15.9 Å². The van der Waals surface area contributed by atoms with E-state index in [0.29, 0.717) is 13.2 Å². The molecule has 0 aliphatic heterocycles. The van der Waals surface area contributed by atoms with Gasteiger partial charge in [-0.05, 0) is 50.7 Å². The Kier molecular flexibility index (Phi) is 7.72. The van der Waals surface area contributed by atoms with Crippen LogP contribution in [0.2, 0.25) is 0 Å². The molecule has 0 spiro atoms. The van der Waals surface area contributed by atoms with Crippen molar-refractivity contribution in [1.82, 2.24) is 15.1 Å². The molecule has 0 saturated heterocycles. The standard InChI is InChI=1S/C14H26BrN3O2/c1-6-18-12(13(15)10(4)17-18)9-11(16-5)14(19-7-2)20-8-3/h11,14,16H,6-9H2,1-5H3. The Morgan fingerprint density at radius 1 is 1.25 bits per heavy atom. The molecule has 6 heteroatoms. The molecule has 1 N–H and O–H groups in total. The van der Waals surface area contributed by atoms with Crippen LogP contribution < -0.4 is 5.32 Å². The fourth-order valence-electron chi connectivity index (χ4n) is 2.22. The van der Waals surface area contributed by atoms with Crippen LogP contribution in [0.15, 0.2) is 4.47 Å². The number of ether oxygens (including phenoxy) is 2. The van der Waals surface area contributed by atoms with Gasteiger partial charge in [-0.15, -0.1) is 0 Å². The summed E-state index contributed by atoms with van der Waals surface area (Å²) in [5, 5.41) is 7.82. The first kappa shape index (κ1) is 17.6. The van der Waals surface area contributed by atoms with Crippen LogP contribution in [0.4, 0.5) is 0 Å². The average Bonchev–Trinajstić information content (AvgIpc) is 2.71. The van der Waals surface area contributed by atoms with Crippen molar-refractivity contribution < 1.29 is 9.47 Å². The van der Waals surface area contributed by atoms with E-state index in [0.717, 1.165) is 23.1 Å². The third-order valence-electron chi connectivity index (χ3n) is 3.23. The summed E-state index contributed by atoms with van der Waals surface area (Å²) in [6.07, 6.45) is 0.554. The summed E-state index contributed by atoms with van der Waals surface area (Å²) in [6.45, 7) is 10.2. The molecule has 0 amide bonds. The number of likely N-dealkylation sites (N-methyl/N-ethyl adjacent to an activating group) is 1. The van der Waals surface area contributed by atoms with Crippen LogP contribution in [0.25, 0.3) is 0 Å². The van der Waals surface area contributed by atoms with Crippen LogP contribution in [-0.2, 0) is 22.4 Å². The van der Waals surface area contributed by atoms with Crippen molar-refractivity contribution >= 4 is 15.9 Å². The van der Waals surface area contributed by atoms with E-state index in [1.807, 2.05) is 32.5 Å². The van der Waals surface area contributed by atoms with Gasteiger partial charge >= 0.3 is 0 Å². The molecular formula is C14H26BrN3O2. The van der Waals surface area contributed by atoms with Crippen molar-refractivity contribution in [2.24, 2.45) is 0 Å². The molecular weight excluding hydrogens is 322 g/mol. The van der Waals surface area contributed by atoms with Gasteiger partial charge in [0.15, 0.2) is 6.29 Å². The Labute approximate surface area is 130 Å². The predicted octanol–water partition coefficient (Wildman–Crippen LogP) is 2.50. The summed E-state index contributed by atoms with van der Waals surface area (Å²) >= 11 is 3.63. The first-order chi connectivity index (χ1) is 9.58. The van der Waals surface area contributed by atoms with Gasteiger partial charge in [-0.25, -0.2) is 0 Å². The van der Waals surface area contributed by atoms with E-state index in [1.54, 1.807) is 0 Å². The molecule has 0 aromatic carbocycles. The lowest BCUT2D eigenvalue weighted by Gasteiger charge is -2.26. The second kappa shape index (κ2) is 8.77. The molecule has 0 aliphatic rings. The SMILES string of the molecule is CCOC(OCC)C(Cc1c(Br)c(C)nn1CC)NC. The molecule has 1 unspecified atom stereocenters. The number of aryl methyl sites for hydroxylation is 2. The van der Waals surface area contributed by atoms with Crippen molar-refractivity contribution in [1.29, 1.82) is 0 Å². The smallest absolute Gasteiger partial charge is 0.173 e. The highest BCUT2D eigenvalue weighted by atomic mass is 79.9. The van der Waals surface area contributed by atoms with E-state index in [-0.39, 0.29) is 12.3 Å². The normalized spacial score (nSPS) is 13.2. The number of rotatable bonds is 9. The Bertz CT molecular complexity index is 403. The van der Waals surface area contributed by atoms with Crippen LogP contribution in [0.3, 0.4) is 0 Å². The maximum atomic E-state index is 5.70. The highest BCUT2D eigenvalue weighted by Crippen LogP contribution is 2.23. The lowest BCUT2D eigenvalue weighted by atomic mass is 10.1. The fourth-order valence-corrected chi connectivity index (χ4v) is 2.66. The Balaban J connectivity index is 2.91. The van der Waals surface area contributed by atoms with E-state index in [9.17, 15) is 0 Å². The predicted molar refractivity (Wildman–Crippen MR) is 83.9 cm³/mol. The van der Waals surface area contributed by atoms with E-state index < -0.39 is 0 Å². The summed E-state index contributed by atoms with van der Waals surface area (Å²) in [5.74, 6) is 0. The zero-order valence-corrected chi connectivity index (χ0v) is 14.7. The topological polar surface area (TPSA) is 48.3 Å². The molecule has 0 bridgehead atoms. The van der Waals surface area contributed by atoms with Crippen LogP contribution in [0.1, 0.15) is 32.2 Å². The van der Waals surface area contributed by atoms with Gasteiger partial charge in [0.05, 0.1) is 21.9 Å². The van der Waals surface area contributed by atoms with E-state index in [2.05, 4.69) is 33.3 Å². The number of halogens is 1. The van der Waals surface area contributed by atoms with Gasteiger partial charge < -0.3 is 14.8 Å². The molecule has 1 aromatic rings. The minimum atomic E-state index is -0.248. The maximum absolute atomic E-state index is 5.70. The number of aromatic nitrogens is 2. The minimum Gasteiger partial charge on any atom is -0.351 e. The monoisotopic (exact) mass is 347 g/mol. The summed E-state index contributed by atoms with van der Waals surface area (Å²) in [5.41, 5.74) is 2.19. The van der Waals surface area contributed by atoms with Crippen molar-refractivity contribution in [3.8, 4) is 0 Å². The molecule has 1 heterocycles. The molecule has 5 nitrogen and oxygen atoms in total. The molecule has 0 radical (unpaired) electrons. The molecule has 0 aliphatic carbocycles. The van der Waals surface area contributed by atoms with E-state index >= 15 is 0 Å². The molecule has 116 valence electrons. The first-order valence-electron chi connectivity index (χ1n) is 7.21. The molecule has 20 heavy (non-hydrogen) atoms. The molecule has 1 aromatic heterocycles. The summed E-state index contributed by atoms with van der Waals surface area (Å²) < 4.78 is 14.5. The van der Waals surface area contributed by atoms with Crippen molar-refractivity contribution in [3.63, 3.8) is 0 Å². The van der Waals surface area contributed by atoms with E-state index in [1.165, 1.54) is 5.69 Å². The van der Waals surface area contributed by atoms with Gasteiger partial charge in [0.1, 0.15) is 0 Å². The molecule has 0 saturated carbocycles. The lowest BCUT2D eigenvalue weighted by molar-refractivity contribution is -0.153. The Hall–Kier alpha value is -0.430. The molecule has 1 rings (SSSR count). The average molecular weight is 348 g/mol. The third kappa shape index (κ3) is 4.28. The number of hydrogen-bond donors (Lipinski definition) is 1. The zero-order valence-electron chi connectivity index (χ0n) is 13.1. The minimum absolute atomic E-state index is 0.0904. The van der Waals surface area contributed by atoms with Gasteiger partial charge in [-0.2, -0.15) is 5.10 Å². The lowest BCUT2D eigenvalue weighted by Crippen LogP contribution is -2.43. The van der Waals surface area contributed by atoms with Gasteiger partial charge in [0.2, 0.25) is 0 Å². The van der Waals surface area contributed by atoms with Gasteiger partial charge in [0.25, 0.3) is 0 Å². The van der Waals surface area contributed by atoms with Gasteiger partial charge in [0, 0.05) is 26.2 Å². The summed E-state index contributed by atoms with van der Waals surface area (Å²) in [6, 6.07) is 0.0904. The fraction of sp³-hybridized carbons (Fsp3) is 0.786. The van der Waals surface area contributed by atoms with Crippen LogP contribution in [0.5, 0.6) is 0 Å². The van der Waals surface area contributed by atoms with Gasteiger partial charge in [-0.1, -0.05) is 0 Å². The second-order valence-electron chi connectivity index (χ2n) is 4.54. The van der Waals surface area contributed by atoms with Crippen molar-refractivity contribution in [2.45, 2.75) is 53.0 Å². The maximum Gasteiger partial charge on any atom is 0.173 e. The highest BCUT2D eigenvalue weighted by molar-refractivity contribution is 9.10.